The normalized spacial score (nSPS) is 12.9. The molecule has 0 spiro atoms. The summed E-state index contributed by atoms with van der Waals surface area (Å²) in [5.74, 6) is 0.568. The second-order valence-electron chi connectivity index (χ2n) is 5.83. The van der Waals surface area contributed by atoms with Crippen LogP contribution in [-0.2, 0) is 11.2 Å². The molecule has 0 atom stereocenters. The zero-order valence-electron chi connectivity index (χ0n) is 13.6. The number of hydrogen-bond donors (Lipinski definition) is 1. The number of hydrogen-bond acceptors (Lipinski definition) is 3. The van der Waals surface area contributed by atoms with Gasteiger partial charge in [0.05, 0.1) is 0 Å². The van der Waals surface area contributed by atoms with Gasteiger partial charge in [-0.1, -0.05) is 18.2 Å². The van der Waals surface area contributed by atoms with Crippen molar-refractivity contribution >= 4 is 17.3 Å². The van der Waals surface area contributed by atoms with E-state index in [1.807, 2.05) is 37.3 Å². The van der Waals surface area contributed by atoms with Crippen LogP contribution in [0.4, 0.5) is 11.4 Å². The minimum atomic E-state index is -0.146. The number of aryl methyl sites for hydroxylation is 1. The fourth-order valence-corrected chi connectivity index (χ4v) is 2.90. The Balaban J connectivity index is 1.60. The van der Waals surface area contributed by atoms with Gasteiger partial charge in [0.1, 0.15) is 5.75 Å². The number of carbonyl (C=O) groups excluding carboxylic acids is 1. The van der Waals surface area contributed by atoms with Gasteiger partial charge in [-0.2, -0.15) is 0 Å². The van der Waals surface area contributed by atoms with Gasteiger partial charge in [0, 0.05) is 24.5 Å². The molecule has 0 unspecified atom stereocenters. The van der Waals surface area contributed by atoms with Gasteiger partial charge in [-0.3, -0.25) is 4.79 Å². The molecule has 2 aromatic rings. The number of fused-ring (bicyclic) bond motifs is 1. The molecule has 0 bridgehead atoms. The van der Waals surface area contributed by atoms with Crippen molar-refractivity contribution in [3.8, 4) is 5.75 Å². The number of ether oxygens (including phenoxy) is 1. The van der Waals surface area contributed by atoms with Gasteiger partial charge in [-0.05, 0) is 55.7 Å². The minimum Gasteiger partial charge on any atom is -0.484 e. The van der Waals surface area contributed by atoms with Crippen molar-refractivity contribution in [1.82, 2.24) is 0 Å². The predicted octanol–water partition coefficient (Wildman–Crippen LogP) is 3.39. The highest BCUT2D eigenvalue weighted by Gasteiger charge is 2.18. The lowest BCUT2D eigenvalue weighted by Crippen LogP contribution is -2.21. The fraction of sp³-hybridized carbons (Fsp3) is 0.316. The molecule has 1 aliphatic heterocycles. The molecule has 4 nitrogen and oxygen atoms in total. The number of anilines is 2. The Hall–Kier alpha value is -2.49. The maximum atomic E-state index is 12.1. The van der Waals surface area contributed by atoms with Crippen molar-refractivity contribution < 1.29 is 9.53 Å². The summed E-state index contributed by atoms with van der Waals surface area (Å²) >= 11 is 0. The number of amides is 1. The summed E-state index contributed by atoms with van der Waals surface area (Å²) in [5, 5.41) is 2.91. The average molecular weight is 310 g/mol. The van der Waals surface area contributed by atoms with Crippen LogP contribution in [0.3, 0.4) is 0 Å². The van der Waals surface area contributed by atoms with E-state index in [-0.39, 0.29) is 12.5 Å². The number of rotatable bonds is 5. The SMILES string of the molecule is CCN1CCc2ccc(NC(=O)COc3cccc(C)c3)cc21. The first-order valence-electron chi connectivity index (χ1n) is 8.03. The molecule has 0 fully saturated rings. The van der Waals surface area contributed by atoms with Gasteiger partial charge in [0.15, 0.2) is 6.61 Å². The number of benzene rings is 2. The van der Waals surface area contributed by atoms with Crippen LogP contribution in [-0.4, -0.2) is 25.6 Å². The molecule has 1 aliphatic rings. The molecule has 0 aromatic heterocycles. The lowest BCUT2D eigenvalue weighted by Gasteiger charge is -2.17. The molecule has 23 heavy (non-hydrogen) atoms. The Kier molecular flexibility index (Phi) is 4.51. The van der Waals surface area contributed by atoms with Crippen LogP contribution in [0.1, 0.15) is 18.1 Å². The topological polar surface area (TPSA) is 41.6 Å². The summed E-state index contributed by atoms with van der Waals surface area (Å²) < 4.78 is 5.53. The zero-order chi connectivity index (χ0) is 16.2. The van der Waals surface area contributed by atoms with Gasteiger partial charge >= 0.3 is 0 Å². The summed E-state index contributed by atoms with van der Waals surface area (Å²) in [6, 6.07) is 13.8. The van der Waals surface area contributed by atoms with E-state index in [2.05, 4.69) is 29.3 Å². The van der Waals surface area contributed by atoms with Gasteiger partial charge in [0.2, 0.25) is 0 Å². The fourth-order valence-electron chi connectivity index (χ4n) is 2.90. The molecule has 2 aromatic carbocycles. The smallest absolute Gasteiger partial charge is 0.262 e. The van der Waals surface area contributed by atoms with E-state index in [1.165, 1.54) is 11.3 Å². The van der Waals surface area contributed by atoms with Crippen LogP contribution in [0.15, 0.2) is 42.5 Å². The third kappa shape index (κ3) is 3.65. The van der Waals surface area contributed by atoms with Gasteiger partial charge in [0.25, 0.3) is 5.91 Å². The summed E-state index contributed by atoms with van der Waals surface area (Å²) in [4.78, 5) is 14.4. The Morgan fingerprint density at radius 2 is 2.13 bits per heavy atom. The maximum absolute atomic E-state index is 12.1. The molecular weight excluding hydrogens is 288 g/mol. The van der Waals surface area contributed by atoms with E-state index < -0.39 is 0 Å². The van der Waals surface area contributed by atoms with E-state index in [0.717, 1.165) is 30.8 Å². The van der Waals surface area contributed by atoms with Crippen molar-refractivity contribution in [3.63, 3.8) is 0 Å². The first-order chi connectivity index (χ1) is 11.2. The molecule has 1 amide bonds. The molecular formula is C19H22N2O2. The highest BCUT2D eigenvalue weighted by molar-refractivity contribution is 5.92. The van der Waals surface area contributed by atoms with E-state index in [4.69, 9.17) is 4.74 Å². The second-order valence-corrected chi connectivity index (χ2v) is 5.83. The van der Waals surface area contributed by atoms with Crippen LogP contribution in [0, 0.1) is 6.92 Å². The number of carbonyl (C=O) groups is 1. The molecule has 0 aliphatic carbocycles. The van der Waals surface area contributed by atoms with Gasteiger partial charge in [-0.15, -0.1) is 0 Å². The Morgan fingerprint density at radius 3 is 2.91 bits per heavy atom. The first kappa shape index (κ1) is 15.4. The standard InChI is InChI=1S/C19H22N2O2/c1-3-21-10-9-15-7-8-16(12-18(15)21)20-19(22)13-23-17-6-4-5-14(2)11-17/h4-8,11-12H,3,9-10,13H2,1-2H3,(H,20,22). The molecule has 3 rings (SSSR count). The van der Waals surface area contributed by atoms with E-state index in [0.29, 0.717) is 5.75 Å². The first-order valence-corrected chi connectivity index (χ1v) is 8.03. The summed E-state index contributed by atoms with van der Waals surface area (Å²) in [6.45, 7) is 6.20. The van der Waals surface area contributed by atoms with E-state index in [1.54, 1.807) is 0 Å². The number of nitrogens with one attached hydrogen (secondary N) is 1. The molecule has 1 N–H and O–H groups in total. The lowest BCUT2D eigenvalue weighted by molar-refractivity contribution is -0.118. The molecule has 0 saturated carbocycles. The third-order valence-electron chi connectivity index (χ3n) is 4.10. The molecule has 0 saturated heterocycles. The van der Waals surface area contributed by atoms with Gasteiger partial charge < -0.3 is 15.0 Å². The lowest BCUT2D eigenvalue weighted by atomic mass is 10.1. The summed E-state index contributed by atoms with van der Waals surface area (Å²) in [7, 11) is 0. The summed E-state index contributed by atoms with van der Waals surface area (Å²) in [6.07, 6.45) is 1.08. The minimum absolute atomic E-state index is 0.0119. The van der Waals surface area contributed by atoms with Crippen LogP contribution < -0.4 is 15.0 Å². The molecule has 120 valence electrons. The number of nitrogens with zero attached hydrogens (tertiary/aromatic N) is 1. The Bertz CT molecular complexity index is 712. The summed E-state index contributed by atoms with van der Waals surface area (Å²) in [5.41, 5.74) is 4.51. The average Bonchev–Trinajstić information content (AvgIpc) is 2.95. The molecule has 1 heterocycles. The highest BCUT2D eigenvalue weighted by atomic mass is 16.5. The van der Waals surface area contributed by atoms with Crippen molar-refractivity contribution in [3.05, 3.63) is 53.6 Å². The van der Waals surface area contributed by atoms with Crippen LogP contribution in [0.25, 0.3) is 0 Å². The zero-order valence-corrected chi connectivity index (χ0v) is 13.6. The monoisotopic (exact) mass is 310 g/mol. The van der Waals surface area contributed by atoms with E-state index in [9.17, 15) is 4.79 Å². The Labute approximate surface area is 137 Å². The van der Waals surface area contributed by atoms with Crippen molar-refractivity contribution in [2.24, 2.45) is 0 Å². The van der Waals surface area contributed by atoms with Crippen LogP contribution in [0.2, 0.25) is 0 Å². The van der Waals surface area contributed by atoms with Crippen molar-refractivity contribution in [2.45, 2.75) is 20.3 Å². The Morgan fingerprint density at radius 1 is 1.26 bits per heavy atom. The van der Waals surface area contributed by atoms with Crippen LogP contribution in [0.5, 0.6) is 5.75 Å². The largest absolute Gasteiger partial charge is 0.484 e. The van der Waals surface area contributed by atoms with Crippen molar-refractivity contribution in [1.29, 1.82) is 0 Å². The second kappa shape index (κ2) is 6.73. The van der Waals surface area contributed by atoms with Gasteiger partial charge in [-0.25, -0.2) is 0 Å². The quantitative estimate of drug-likeness (QED) is 0.920. The molecule has 4 heteroatoms. The van der Waals surface area contributed by atoms with Crippen molar-refractivity contribution in [2.75, 3.05) is 29.9 Å². The predicted molar refractivity (Wildman–Crippen MR) is 93.3 cm³/mol. The van der Waals surface area contributed by atoms with E-state index >= 15 is 0 Å². The maximum Gasteiger partial charge on any atom is 0.262 e. The number of likely N-dealkylation sites (N-methyl/N-ethyl adjacent to an activating group) is 1. The third-order valence-corrected chi connectivity index (χ3v) is 4.10. The van der Waals surface area contributed by atoms with Crippen LogP contribution >= 0.6 is 0 Å². The molecule has 0 radical (unpaired) electrons. The highest BCUT2D eigenvalue weighted by Crippen LogP contribution is 2.30.